The number of ether oxygens (including phenoxy) is 1. The Balaban J connectivity index is 0.00000225. The van der Waals surface area contributed by atoms with Crippen LogP contribution >= 0.6 is 11.3 Å². The number of hydrogen-bond acceptors (Lipinski definition) is 4. The Labute approximate surface area is 157 Å². The Bertz CT molecular complexity index is 933. The zero-order chi connectivity index (χ0) is 17.3. The summed E-state index contributed by atoms with van der Waals surface area (Å²) in [5, 5.41) is 11.5. The molecule has 1 atom stereocenters. The molecule has 0 amide bonds. The van der Waals surface area contributed by atoms with E-state index in [1.807, 2.05) is 63.6 Å². The van der Waals surface area contributed by atoms with Gasteiger partial charge in [0.1, 0.15) is 25.0 Å². The van der Waals surface area contributed by atoms with Gasteiger partial charge in [0.15, 0.2) is 5.43 Å². The number of aliphatic hydroxyl groups is 1. The van der Waals surface area contributed by atoms with Crippen molar-refractivity contribution in [1.82, 2.24) is 0 Å². The van der Waals surface area contributed by atoms with Crippen LogP contribution in [0.3, 0.4) is 0 Å². The fourth-order valence-electron chi connectivity index (χ4n) is 2.78. The molecular weight excluding hydrogens is 358 g/mol. The molecule has 0 aliphatic carbocycles. The average molecular weight is 380 g/mol. The zero-order valence-corrected chi connectivity index (χ0v) is 16.1. The van der Waals surface area contributed by atoms with Gasteiger partial charge in [0.25, 0.3) is 0 Å². The molecule has 2 aromatic carbocycles. The summed E-state index contributed by atoms with van der Waals surface area (Å²) in [6, 6.07) is 13.1. The van der Waals surface area contributed by atoms with Gasteiger partial charge in [-0.05, 0) is 24.3 Å². The van der Waals surface area contributed by atoms with Crippen LogP contribution in [0.25, 0.3) is 20.2 Å². The quantitative estimate of drug-likeness (QED) is 0.496. The van der Waals surface area contributed by atoms with E-state index >= 15 is 0 Å². The summed E-state index contributed by atoms with van der Waals surface area (Å²) in [4.78, 5) is 12.7. The van der Waals surface area contributed by atoms with Crippen molar-refractivity contribution >= 4 is 31.5 Å². The molecule has 1 aromatic heterocycles. The number of fused-ring (bicyclic) bond motifs is 2. The van der Waals surface area contributed by atoms with Gasteiger partial charge in [0, 0.05) is 15.5 Å². The Kier molecular flexibility index (Phi) is 6.06. The van der Waals surface area contributed by atoms with Crippen LogP contribution in [-0.4, -0.2) is 50.0 Å². The minimum atomic E-state index is -0.558. The molecule has 6 heteroatoms. The van der Waals surface area contributed by atoms with Crippen molar-refractivity contribution in [2.45, 2.75) is 6.10 Å². The van der Waals surface area contributed by atoms with Crippen molar-refractivity contribution in [2.75, 3.05) is 34.3 Å². The lowest BCUT2D eigenvalue weighted by Gasteiger charge is -2.26. The third-order valence-corrected chi connectivity index (χ3v) is 4.96. The summed E-state index contributed by atoms with van der Waals surface area (Å²) < 4.78 is 8.28. The number of aliphatic hydroxyl groups excluding tert-OH is 1. The third kappa shape index (κ3) is 4.50. The summed E-state index contributed by atoms with van der Waals surface area (Å²) in [6.45, 7) is 0.812. The second-order valence-corrected chi connectivity index (χ2v) is 8.05. The maximum absolute atomic E-state index is 12.7. The van der Waals surface area contributed by atoms with Crippen molar-refractivity contribution in [3.63, 3.8) is 0 Å². The number of hydrogen-bond donors (Lipinski definition) is 1. The number of benzene rings is 2. The highest BCUT2D eigenvalue weighted by Crippen LogP contribution is 2.31. The van der Waals surface area contributed by atoms with Crippen molar-refractivity contribution in [3.05, 3.63) is 52.7 Å². The van der Waals surface area contributed by atoms with E-state index in [9.17, 15) is 9.90 Å². The first-order valence-electron chi connectivity index (χ1n) is 7.91. The molecule has 134 valence electrons. The fourth-order valence-corrected chi connectivity index (χ4v) is 3.92. The Morgan fingerprint density at radius 2 is 1.76 bits per heavy atom. The highest BCUT2D eigenvalue weighted by atomic mass is 35.5. The lowest BCUT2D eigenvalue weighted by Crippen LogP contribution is -3.00. The van der Waals surface area contributed by atoms with E-state index < -0.39 is 6.10 Å². The number of halogens is 1. The number of quaternary nitrogens is 1. The van der Waals surface area contributed by atoms with Gasteiger partial charge in [-0.15, -0.1) is 11.3 Å². The molecule has 0 radical (unpaired) electrons. The molecule has 1 N–H and O–H groups in total. The van der Waals surface area contributed by atoms with Gasteiger partial charge >= 0.3 is 0 Å². The fraction of sp³-hybridized carbons (Fsp3) is 0.316. The number of rotatable bonds is 5. The monoisotopic (exact) mass is 379 g/mol. The standard InChI is InChI=1S/C19H22NO3S.ClH/c1-20(2,3)11-13(21)12-23-16-9-6-8-15-18(22)14-7-4-5-10-17(14)24-19(15)16;/h4-10,13,21H,11-12H2,1-3H3;1H/q+1;/p-1. The van der Waals surface area contributed by atoms with E-state index in [2.05, 4.69) is 0 Å². The predicted molar refractivity (Wildman–Crippen MR) is 100 cm³/mol. The minimum absolute atomic E-state index is 0. The van der Waals surface area contributed by atoms with Crippen LogP contribution in [0.4, 0.5) is 0 Å². The molecule has 0 fully saturated rings. The largest absolute Gasteiger partial charge is 1.00 e. The first-order valence-corrected chi connectivity index (χ1v) is 8.73. The lowest BCUT2D eigenvalue weighted by atomic mass is 10.2. The topological polar surface area (TPSA) is 46.5 Å². The van der Waals surface area contributed by atoms with Gasteiger partial charge < -0.3 is 26.7 Å². The summed E-state index contributed by atoms with van der Waals surface area (Å²) >= 11 is 1.55. The van der Waals surface area contributed by atoms with Crippen LogP contribution in [0.15, 0.2) is 47.3 Å². The molecule has 0 spiro atoms. The van der Waals surface area contributed by atoms with Crippen LogP contribution < -0.4 is 22.6 Å². The summed E-state index contributed by atoms with van der Waals surface area (Å²) in [6.07, 6.45) is -0.558. The lowest BCUT2D eigenvalue weighted by molar-refractivity contribution is -0.873. The smallest absolute Gasteiger partial charge is 0.196 e. The number of nitrogens with zero attached hydrogens (tertiary/aromatic N) is 1. The highest BCUT2D eigenvalue weighted by molar-refractivity contribution is 7.24. The van der Waals surface area contributed by atoms with Gasteiger partial charge in [0.05, 0.1) is 25.8 Å². The van der Waals surface area contributed by atoms with E-state index in [4.69, 9.17) is 4.74 Å². The molecule has 0 saturated heterocycles. The Hall–Kier alpha value is -1.66. The van der Waals surface area contributed by atoms with Crippen molar-refractivity contribution in [1.29, 1.82) is 0 Å². The van der Waals surface area contributed by atoms with Crippen LogP contribution in [0.5, 0.6) is 5.75 Å². The molecule has 1 heterocycles. The van der Waals surface area contributed by atoms with Crippen LogP contribution in [0, 0.1) is 0 Å². The molecule has 0 saturated carbocycles. The summed E-state index contributed by atoms with van der Waals surface area (Å²) in [5.74, 6) is 0.654. The zero-order valence-electron chi connectivity index (χ0n) is 14.5. The first kappa shape index (κ1) is 19.7. The normalized spacial score (nSPS) is 12.8. The summed E-state index contributed by atoms with van der Waals surface area (Å²) in [7, 11) is 6.08. The minimum Gasteiger partial charge on any atom is -1.00 e. The van der Waals surface area contributed by atoms with E-state index in [1.165, 1.54) is 0 Å². The first-order chi connectivity index (χ1) is 11.3. The second kappa shape index (κ2) is 7.70. The maximum Gasteiger partial charge on any atom is 0.196 e. The summed E-state index contributed by atoms with van der Waals surface area (Å²) in [5.41, 5.74) is 0.0247. The van der Waals surface area contributed by atoms with E-state index in [1.54, 1.807) is 11.3 Å². The third-order valence-electron chi connectivity index (χ3n) is 3.76. The molecule has 0 bridgehead atoms. The molecule has 4 nitrogen and oxygen atoms in total. The van der Waals surface area contributed by atoms with Crippen molar-refractivity contribution in [2.24, 2.45) is 0 Å². The van der Waals surface area contributed by atoms with Crippen molar-refractivity contribution in [3.8, 4) is 5.75 Å². The van der Waals surface area contributed by atoms with Gasteiger partial charge in [-0.3, -0.25) is 4.79 Å². The van der Waals surface area contributed by atoms with E-state index in [0.29, 0.717) is 22.2 Å². The molecule has 0 aliphatic rings. The molecule has 3 rings (SSSR count). The Morgan fingerprint density at radius 1 is 1.08 bits per heavy atom. The highest BCUT2D eigenvalue weighted by Gasteiger charge is 2.17. The number of likely N-dealkylation sites (N-methyl/N-ethyl adjacent to an activating group) is 1. The van der Waals surface area contributed by atoms with E-state index in [-0.39, 0.29) is 24.4 Å². The molecule has 1 unspecified atom stereocenters. The molecular formula is C19H22ClNO3S. The van der Waals surface area contributed by atoms with Crippen LogP contribution in [-0.2, 0) is 0 Å². The molecule has 0 aliphatic heterocycles. The van der Waals surface area contributed by atoms with Crippen LogP contribution in [0.2, 0.25) is 0 Å². The molecule has 25 heavy (non-hydrogen) atoms. The van der Waals surface area contributed by atoms with Gasteiger partial charge in [-0.25, -0.2) is 0 Å². The molecule has 3 aromatic rings. The average Bonchev–Trinajstić information content (AvgIpc) is 2.52. The maximum atomic E-state index is 12.7. The van der Waals surface area contributed by atoms with Crippen LogP contribution in [0.1, 0.15) is 0 Å². The Morgan fingerprint density at radius 3 is 2.48 bits per heavy atom. The van der Waals surface area contributed by atoms with Crippen molar-refractivity contribution < 1.29 is 26.7 Å². The predicted octanol–water partition coefficient (Wildman–Crippen LogP) is -0.135. The van der Waals surface area contributed by atoms with E-state index in [0.717, 1.165) is 14.8 Å². The SMILES string of the molecule is C[N+](C)(C)CC(O)COc1cccc2c(=O)c3ccccc3sc12.[Cl-]. The van der Waals surface area contributed by atoms with Gasteiger partial charge in [-0.2, -0.15) is 0 Å². The van der Waals surface area contributed by atoms with Gasteiger partial charge in [-0.1, -0.05) is 18.2 Å². The van der Waals surface area contributed by atoms with Gasteiger partial charge in [0.2, 0.25) is 0 Å². The second-order valence-electron chi connectivity index (χ2n) is 7.00.